The highest BCUT2D eigenvalue weighted by Gasteiger charge is 2.22. The number of halogens is 1. The van der Waals surface area contributed by atoms with Crippen molar-refractivity contribution >= 4 is 33.6 Å². The second-order valence-corrected chi connectivity index (χ2v) is 5.06. The maximum absolute atomic E-state index is 12.2. The van der Waals surface area contributed by atoms with E-state index < -0.39 is 11.9 Å². The minimum Gasteiger partial charge on any atom is -0.462 e. The van der Waals surface area contributed by atoms with E-state index in [2.05, 4.69) is 31.4 Å². The lowest BCUT2D eigenvalue weighted by Gasteiger charge is -2.07. The van der Waals surface area contributed by atoms with Crippen LogP contribution in [-0.2, 0) is 18.8 Å². The van der Waals surface area contributed by atoms with Crippen molar-refractivity contribution in [3.05, 3.63) is 28.1 Å². The minimum atomic E-state index is -0.541. The minimum absolute atomic E-state index is 0.194. The van der Waals surface area contributed by atoms with Crippen molar-refractivity contribution in [2.75, 3.05) is 11.9 Å². The molecule has 0 unspecified atom stereocenters. The van der Waals surface area contributed by atoms with E-state index in [0.29, 0.717) is 4.47 Å². The lowest BCUT2D eigenvalue weighted by Crippen LogP contribution is -2.18. The molecule has 112 valence electrons. The second kappa shape index (κ2) is 6.08. The molecule has 0 atom stereocenters. The van der Waals surface area contributed by atoms with E-state index in [4.69, 9.17) is 4.74 Å². The molecule has 0 aliphatic carbocycles. The van der Waals surface area contributed by atoms with Crippen LogP contribution in [0.15, 0.2) is 16.9 Å². The number of rotatable bonds is 4. The second-order valence-electron chi connectivity index (χ2n) is 4.20. The Morgan fingerprint density at radius 3 is 2.71 bits per heavy atom. The van der Waals surface area contributed by atoms with E-state index in [1.165, 1.54) is 15.6 Å². The number of anilines is 1. The first-order chi connectivity index (χ1) is 9.93. The summed E-state index contributed by atoms with van der Waals surface area (Å²) in [7, 11) is 3.32. The van der Waals surface area contributed by atoms with Crippen molar-refractivity contribution in [1.29, 1.82) is 0 Å². The molecule has 2 aromatic heterocycles. The molecule has 1 amide bonds. The highest BCUT2D eigenvalue weighted by molar-refractivity contribution is 9.10. The summed E-state index contributed by atoms with van der Waals surface area (Å²) in [5.41, 5.74) is 0.410. The van der Waals surface area contributed by atoms with Crippen LogP contribution in [0, 0.1) is 0 Å². The molecular formula is C12H14BrN5O3. The van der Waals surface area contributed by atoms with Crippen molar-refractivity contribution in [3.8, 4) is 0 Å². The first-order valence-electron chi connectivity index (χ1n) is 6.13. The topological polar surface area (TPSA) is 91.0 Å². The number of esters is 1. The SMILES string of the molecule is CCOC(=O)c1cnn(C)c1NC(=O)c1nn(C)cc1Br. The number of carbonyl (C=O) groups is 2. The van der Waals surface area contributed by atoms with Gasteiger partial charge in [0.05, 0.1) is 17.3 Å². The molecule has 0 saturated carbocycles. The van der Waals surface area contributed by atoms with Crippen LogP contribution in [0.5, 0.6) is 0 Å². The van der Waals surface area contributed by atoms with Crippen LogP contribution in [0.3, 0.4) is 0 Å². The van der Waals surface area contributed by atoms with Crippen LogP contribution in [0.25, 0.3) is 0 Å². The Hall–Kier alpha value is -2.16. The van der Waals surface area contributed by atoms with Gasteiger partial charge in [-0.1, -0.05) is 0 Å². The van der Waals surface area contributed by atoms with Crippen LogP contribution >= 0.6 is 15.9 Å². The maximum atomic E-state index is 12.2. The lowest BCUT2D eigenvalue weighted by molar-refractivity contribution is 0.0527. The molecule has 0 aliphatic rings. The van der Waals surface area contributed by atoms with Crippen LogP contribution in [0.2, 0.25) is 0 Å². The number of amides is 1. The Kier molecular flexibility index (Phi) is 4.41. The normalized spacial score (nSPS) is 10.5. The summed E-state index contributed by atoms with van der Waals surface area (Å²) in [6.45, 7) is 1.95. The summed E-state index contributed by atoms with van der Waals surface area (Å²) < 4.78 is 8.38. The Morgan fingerprint density at radius 1 is 1.43 bits per heavy atom. The molecule has 0 saturated heterocycles. The van der Waals surface area contributed by atoms with Gasteiger partial charge in [-0.2, -0.15) is 10.2 Å². The zero-order valence-electron chi connectivity index (χ0n) is 11.8. The zero-order valence-corrected chi connectivity index (χ0v) is 13.3. The highest BCUT2D eigenvalue weighted by atomic mass is 79.9. The van der Waals surface area contributed by atoms with E-state index in [1.807, 2.05) is 0 Å². The van der Waals surface area contributed by atoms with E-state index in [9.17, 15) is 9.59 Å². The van der Waals surface area contributed by atoms with Gasteiger partial charge in [0.1, 0.15) is 11.4 Å². The van der Waals surface area contributed by atoms with Crippen LogP contribution < -0.4 is 5.32 Å². The highest BCUT2D eigenvalue weighted by Crippen LogP contribution is 2.19. The van der Waals surface area contributed by atoms with Crippen molar-refractivity contribution < 1.29 is 14.3 Å². The van der Waals surface area contributed by atoms with E-state index in [0.717, 1.165) is 0 Å². The largest absolute Gasteiger partial charge is 0.462 e. The molecule has 2 rings (SSSR count). The standard InChI is InChI=1S/C12H14BrN5O3/c1-4-21-12(20)7-5-14-18(3)10(7)15-11(19)9-8(13)6-17(2)16-9/h5-6H,4H2,1-3H3,(H,15,19). The third-order valence-corrected chi connectivity index (χ3v) is 3.25. The predicted molar refractivity (Wildman–Crippen MR) is 78.0 cm³/mol. The molecule has 2 aromatic rings. The average molecular weight is 356 g/mol. The fourth-order valence-electron chi connectivity index (χ4n) is 1.72. The molecule has 0 radical (unpaired) electrons. The number of carbonyl (C=O) groups excluding carboxylic acids is 2. The maximum Gasteiger partial charge on any atom is 0.343 e. The van der Waals surface area contributed by atoms with Crippen molar-refractivity contribution in [2.24, 2.45) is 14.1 Å². The lowest BCUT2D eigenvalue weighted by atomic mass is 10.3. The van der Waals surface area contributed by atoms with Gasteiger partial charge in [-0.15, -0.1) is 0 Å². The van der Waals surface area contributed by atoms with E-state index in [1.54, 1.807) is 27.2 Å². The number of aromatic nitrogens is 4. The fraction of sp³-hybridized carbons (Fsp3) is 0.333. The van der Waals surface area contributed by atoms with Gasteiger partial charge in [0.2, 0.25) is 0 Å². The molecule has 0 fully saturated rings. The van der Waals surface area contributed by atoms with Gasteiger partial charge in [-0.25, -0.2) is 4.79 Å². The first kappa shape index (κ1) is 15.2. The molecule has 9 heteroatoms. The summed E-state index contributed by atoms with van der Waals surface area (Å²) in [6, 6.07) is 0. The third-order valence-electron chi connectivity index (χ3n) is 2.67. The first-order valence-corrected chi connectivity index (χ1v) is 6.93. The van der Waals surface area contributed by atoms with Gasteiger partial charge in [0, 0.05) is 20.3 Å². The smallest absolute Gasteiger partial charge is 0.343 e. The fourth-order valence-corrected chi connectivity index (χ4v) is 2.28. The molecule has 8 nitrogen and oxygen atoms in total. The molecule has 0 spiro atoms. The Balaban J connectivity index is 2.27. The van der Waals surface area contributed by atoms with Gasteiger partial charge in [-0.3, -0.25) is 14.2 Å². The van der Waals surface area contributed by atoms with E-state index in [-0.39, 0.29) is 23.7 Å². The van der Waals surface area contributed by atoms with Gasteiger partial charge >= 0.3 is 5.97 Å². The molecule has 2 heterocycles. The predicted octanol–water partition coefficient (Wildman–Crippen LogP) is 1.35. The summed E-state index contributed by atoms with van der Waals surface area (Å²) in [6.07, 6.45) is 3.01. The quantitative estimate of drug-likeness (QED) is 0.835. The number of ether oxygens (including phenoxy) is 1. The van der Waals surface area contributed by atoms with Crippen molar-refractivity contribution in [3.63, 3.8) is 0 Å². The van der Waals surface area contributed by atoms with Gasteiger partial charge in [0.15, 0.2) is 5.69 Å². The molecule has 1 N–H and O–H groups in total. The van der Waals surface area contributed by atoms with Gasteiger partial charge in [0.25, 0.3) is 5.91 Å². The third kappa shape index (κ3) is 3.13. The van der Waals surface area contributed by atoms with Crippen LogP contribution in [0.4, 0.5) is 5.82 Å². The number of nitrogens with zero attached hydrogens (tertiary/aromatic N) is 4. The molecule has 0 bridgehead atoms. The van der Waals surface area contributed by atoms with Crippen molar-refractivity contribution in [2.45, 2.75) is 6.92 Å². The molecule has 21 heavy (non-hydrogen) atoms. The van der Waals surface area contributed by atoms with E-state index >= 15 is 0 Å². The number of nitrogens with one attached hydrogen (secondary N) is 1. The molecule has 0 aromatic carbocycles. The van der Waals surface area contributed by atoms with Gasteiger partial charge in [-0.05, 0) is 22.9 Å². The summed E-state index contributed by atoms with van der Waals surface area (Å²) in [5.74, 6) is -0.728. The molecular weight excluding hydrogens is 342 g/mol. The number of hydrogen-bond acceptors (Lipinski definition) is 5. The average Bonchev–Trinajstić information content (AvgIpc) is 2.93. The molecule has 0 aliphatic heterocycles. The Labute approximate surface area is 129 Å². The zero-order chi connectivity index (χ0) is 15.6. The van der Waals surface area contributed by atoms with Crippen molar-refractivity contribution in [1.82, 2.24) is 19.6 Å². The monoisotopic (exact) mass is 355 g/mol. The summed E-state index contributed by atoms with van der Waals surface area (Å²) >= 11 is 3.25. The Bertz CT molecular complexity index is 691. The van der Waals surface area contributed by atoms with Crippen LogP contribution in [-0.4, -0.2) is 38.0 Å². The Morgan fingerprint density at radius 2 is 2.14 bits per heavy atom. The number of hydrogen-bond donors (Lipinski definition) is 1. The summed E-state index contributed by atoms with van der Waals surface area (Å²) in [5, 5.41) is 10.6. The van der Waals surface area contributed by atoms with Gasteiger partial charge < -0.3 is 10.1 Å². The summed E-state index contributed by atoms with van der Waals surface area (Å²) in [4.78, 5) is 24.0. The number of aryl methyl sites for hydroxylation is 2. The van der Waals surface area contributed by atoms with Crippen LogP contribution in [0.1, 0.15) is 27.8 Å².